The van der Waals surface area contributed by atoms with E-state index >= 15 is 0 Å². The molecule has 0 saturated carbocycles. The lowest BCUT2D eigenvalue weighted by atomic mass is 10.2. The predicted molar refractivity (Wildman–Crippen MR) is 99.0 cm³/mol. The first kappa shape index (κ1) is 18.6. The highest BCUT2D eigenvalue weighted by Crippen LogP contribution is 2.20. The minimum absolute atomic E-state index is 0.109. The maximum Gasteiger partial charge on any atom is 0.227 e. The number of aromatic nitrogens is 2. The molecule has 2 aromatic carbocycles. The van der Waals surface area contributed by atoms with E-state index in [1.807, 2.05) is 31.2 Å². The fourth-order valence-corrected chi connectivity index (χ4v) is 2.50. The van der Waals surface area contributed by atoms with E-state index < -0.39 is 5.82 Å². The molecule has 0 spiro atoms. The molecular formula is C20H20FN3O3. The molecule has 0 atom stereocenters. The Hall–Kier alpha value is -3.22. The van der Waals surface area contributed by atoms with Crippen LogP contribution in [0.2, 0.25) is 0 Å². The summed E-state index contributed by atoms with van der Waals surface area (Å²) in [7, 11) is 0. The van der Waals surface area contributed by atoms with Gasteiger partial charge in [-0.05, 0) is 55.8 Å². The van der Waals surface area contributed by atoms with E-state index in [1.54, 1.807) is 19.1 Å². The van der Waals surface area contributed by atoms with Crippen molar-refractivity contribution in [3.8, 4) is 17.1 Å². The summed E-state index contributed by atoms with van der Waals surface area (Å²) in [6.07, 6.45) is 0.377. The molecule has 0 aliphatic rings. The van der Waals surface area contributed by atoms with Gasteiger partial charge in [-0.15, -0.1) is 0 Å². The summed E-state index contributed by atoms with van der Waals surface area (Å²) in [6.45, 7) is 4.30. The Morgan fingerprint density at radius 2 is 2.00 bits per heavy atom. The number of rotatable bonds is 7. The number of hydrogen-bond donors (Lipinski definition) is 1. The Kier molecular flexibility index (Phi) is 5.80. The molecule has 6 nitrogen and oxygen atoms in total. The van der Waals surface area contributed by atoms with Gasteiger partial charge in [0.25, 0.3) is 0 Å². The lowest BCUT2D eigenvalue weighted by Crippen LogP contribution is -2.13. The van der Waals surface area contributed by atoms with Crippen LogP contribution in [-0.4, -0.2) is 22.7 Å². The molecule has 0 radical (unpaired) electrons. The van der Waals surface area contributed by atoms with E-state index in [2.05, 4.69) is 15.5 Å². The molecule has 1 N–H and O–H groups in total. The van der Waals surface area contributed by atoms with Gasteiger partial charge in [-0.25, -0.2) is 4.39 Å². The lowest BCUT2D eigenvalue weighted by Gasteiger charge is -2.06. The third-order valence-electron chi connectivity index (χ3n) is 3.86. The first-order valence-electron chi connectivity index (χ1n) is 8.67. The van der Waals surface area contributed by atoms with Crippen molar-refractivity contribution in [2.45, 2.75) is 26.7 Å². The minimum Gasteiger partial charge on any atom is -0.494 e. The van der Waals surface area contributed by atoms with Gasteiger partial charge in [-0.1, -0.05) is 11.2 Å². The molecule has 0 aliphatic carbocycles. The van der Waals surface area contributed by atoms with Crippen molar-refractivity contribution >= 4 is 11.6 Å². The zero-order valence-electron chi connectivity index (χ0n) is 15.2. The molecule has 0 bridgehead atoms. The first-order chi connectivity index (χ1) is 13.0. The van der Waals surface area contributed by atoms with Gasteiger partial charge in [0.05, 0.1) is 12.3 Å². The van der Waals surface area contributed by atoms with Gasteiger partial charge in [0.1, 0.15) is 11.6 Å². The average Bonchev–Trinajstić information content (AvgIpc) is 3.12. The number of nitrogens with zero attached hydrogens (tertiary/aromatic N) is 2. The molecule has 3 aromatic rings. The molecule has 0 aliphatic heterocycles. The monoisotopic (exact) mass is 369 g/mol. The number of halogens is 1. The van der Waals surface area contributed by atoms with E-state index in [0.29, 0.717) is 18.3 Å². The number of benzene rings is 2. The summed E-state index contributed by atoms with van der Waals surface area (Å²) in [5.41, 5.74) is 1.74. The fourth-order valence-electron chi connectivity index (χ4n) is 2.50. The molecule has 1 heterocycles. The highest BCUT2D eigenvalue weighted by Gasteiger charge is 2.12. The highest BCUT2D eigenvalue weighted by atomic mass is 19.1. The van der Waals surface area contributed by atoms with Crippen LogP contribution in [0.5, 0.6) is 5.75 Å². The van der Waals surface area contributed by atoms with Crippen molar-refractivity contribution in [3.05, 3.63) is 59.7 Å². The van der Waals surface area contributed by atoms with Gasteiger partial charge in [0, 0.05) is 18.4 Å². The number of ether oxygens (including phenoxy) is 1. The van der Waals surface area contributed by atoms with Gasteiger partial charge >= 0.3 is 0 Å². The standard InChI is InChI=1S/C20H20FN3O3/c1-3-26-15-7-5-14(6-8-15)20-23-19(27-24-20)11-10-18(25)22-17-9-4-13(2)12-16(17)21/h4-9,12H,3,10-11H2,1-2H3,(H,22,25). The van der Waals surface area contributed by atoms with Gasteiger partial charge < -0.3 is 14.6 Å². The van der Waals surface area contributed by atoms with Crippen LogP contribution in [0, 0.1) is 12.7 Å². The summed E-state index contributed by atoms with van der Waals surface area (Å²) in [4.78, 5) is 16.3. The van der Waals surface area contributed by atoms with Crippen LogP contribution in [-0.2, 0) is 11.2 Å². The van der Waals surface area contributed by atoms with Crippen molar-refractivity contribution in [3.63, 3.8) is 0 Å². The topological polar surface area (TPSA) is 77.2 Å². The van der Waals surface area contributed by atoms with Crippen LogP contribution in [0.3, 0.4) is 0 Å². The van der Waals surface area contributed by atoms with Crippen molar-refractivity contribution in [1.82, 2.24) is 10.1 Å². The molecule has 3 rings (SSSR count). The van der Waals surface area contributed by atoms with Crippen LogP contribution in [0.25, 0.3) is 11.4 Å². The normalized spacial score (nSPS) is 10.6. The average molecular weight is 369 g/mol. The predicted octanol–water partition coefficient (Wildman–Crippen LogP) is 4.15. The van der Waals surface area contributed by atoms with E-state index in [9.17, 15) is 9.18 Å². The van der Waals surface area contributed by atoms with E-state index in [-0.39, 0.29) is 24.4 Å². The van der Waals surface area contributed by atoms with Crippen molar-refractivity contribution in [2.24, 2.45) is 0 Å². The number of amides is 1. The number of nitrogens with one attached hydrogen (secondary N) is 1. The smallest absolute Gasteiger partial charge is 0.227 e. The summed E-state index contributed by atoms with van der Waals surface area (Å²) < 4.78 is 24.4. The summed E-state index contributed by atoms with van der Waals surface area (Å²) in [5, 5.41) is 6.48. The zero-order valence-corrected chi connectivity index (χ0v) is 15.2. The lowest BCUT2D eigenvalue weighted by molar-refractivity contribution is -0.116. The Morgan fingerprint density at radius 3 is 2.70 bits per heavy atom. The van der Waals surface area contributed by atoms with Crippen molar-refractivity contribution in [1.29, 1.82) is 0 Å². The molecule has 7 heteroatoms. The molecule has 27 heavy (non-hydrogen) atoms. The number of hydrogen-bond acceptors (Lipinski definition) is 5. The molecule has 0 saturated heterocycles. The van der Waals surface area contributed by atoms with Gasteiger partial charge in [-0.3, -0.25) is 4.79 Å². The Labute approximate surface area is 156 Å². The zero-order chi connectivity index (χ0) is 19.2. The SMILES string of the molecule is CCOc1ccc(-c2noc(CCC(=O)Nc3ccc(C)cc3F)n2)cc1. The summed E-state index contributed by atoms with van der Waals surface area (Å²) in [5.74, 6) is 0.777. The van der Waals surface area contributed by atoms with E-state index in [4.69, 9.17) is 9.26 Å². The second-order valence-corrected chi connectivity index (χ2v) is 6.00. The van der Waals surface area contributed by atoms with Gasteiger partial charge in [0.2, 0.25) is 17.6 Å². The van der Waals surface area contributed by atoms with Crippen LogP contribution in [0.15, 0.2) is 47.0 Å². The second-order valence-electron chi connectivity index (χ2n) is 6.00. The van der Waals surface area contributed by atoms with Crippen LogP contribution < -0.4 is 10.1 Å². The summed E-state index contributed by atoms with van der Waals surface area (Å²) in [6, 6.07) is 12.0. The Bertz CT molecular complexity index is 922. The third kappa shape index (κ3) is 4.91. The Morgan fingerprint density at radius 1 is 1.22 bits per heavy atom. The van der Waals surface area contributed by atoms with Crippen LogP contribution >= 0.6 is 0 Å². The van der Waals surface area contributed by atoms with Crippen LogP contribution in [0.1, 0.15) is 24.8 Å². The molecule has 1 amide bonds. The first-order valence-corrected chi connectivity index (χ1v) is 8.67. The number of aryl methyl sites for hydroxylation is 2. The molecule has 140 valence electrons. The quantitative estimate of drug-likeness (QED) is 0.677. The number of carbonyl (C=O) groups is 1. The molecular weight excluding hydrogens is 349 g/mol. The second kappa shape index (κ2) is 8.44. The minimum atomic E-state index is -0.459. The summed E-state index contributed by atoms with van der Waals surface area (Å²) >= 11 is 0. The maximum absolute atomic E-state index is 13.8. The van der Waals surface area contributed by atoms with E-state index in [0.717, 1.165) is 16.9 Å². The van der Waals surface area contributed by atoms with Gasteiger partial charge in [0.15, 0.2) is 0 Å². The van der Waals surface area contributed by atoms with E-state index in [1.165, 1.54) is 6.07 Å². The number of carbonyl (C=O) groups excluding carboxylic acids is 1. The van der Waals surface area contributed by atoms with Crippen LogP contribution in [0.4, 0.5) is 10.1 Å². The van der Waals surface area contributed by atoms with Crippen molar-refractivity contribution < 1.29 is 18.4 Å². The third-order valence-corrected chi connectivity index (χ3v) is 3.86. The molecule has 0 fully saturated rings. The van der Waals surface area contributed by atoms with Gasteiger partial charge in [-0.2, -0.15) is 4.98 Å². The Balaban J connectivity index is 1.56. The largest absolute Gasteiger partial charge is 0.494 e. The number of anilines is 1. The van der Waals surface area contributed by atoms with Crippen molar-refractivity contribution in [2.75, 3.05) is 11.9 Å². The highest BCUT2D eigenvalue weighted by molar-refractivity contribution is 5.90. The fraction of sp³-hybridized carbons (Fsp3) is 0.250. The molecule has 0 unspecified atom stereocenters. The maximum atomic E-state index is 13.8. The molecule has 1 aromatic heterocycles.